The zero-order valence-electron chi connectivity index (χ0n) is 17.1. The average Bonchev–Trinajstić information content (AvgIpc) is 3.59. The van der Waals surface area contributed by atoms with Crippen molar-refractivity contribution in [2.45, 2.75) is 0 Å². The van der Waals surface area contributed by atoms with E-state index in [2.05, 4.69) is 29.9 Å². The minimum absolute atomic E-state index is 0.0278. The summed E-state index contributed by atoms with van der Waals surface area (Å²) in [5.41, 5.74) is -0.389. The summed E-state index contributed by atoms with van der Waals surface area (Å²) in [6.07, 6.45) is 12.2. The summed E-state index contributed by atoms with van der Waals surface area (Å²) in [4.78, 5) is 60.8. The molecule has 0 amide bonds. The summed E-state index contributed by atoms with van der Waals surface area (Å²) in [6.45, 7) is 0. The Balaban J connectivity index is 0.000000244. The molecule has 0 atom stereocenters. The van der Waals surface area contributed by atoms with Crippen LogP contribution in [0.3, 0.4) is 0 Å². The molecule has 0 aliphatic carbocycles. The van der Waals surface area contributed by atoms with E-state index in [0.717, 1.165) is 24.5 Å². The lowest BCUT2D eigenvalue weighted by atomic mass is 10.2. The Morgan fingerprint density at radius 1 is 0.588 bits per heavy atom. The molecule has 0 unspecified atom stereocenters. The third-order valence-electron chi connectivity index (χ3n) is 3.27. The zero-order chi connectivity index (χ0) is 25.3. The summed E-state index contributed by atoms with van der Waals surface area (Å²) in [7, 11) is 0. The van der Waals surface area contributed by atoms with Gasteiger partial charge < -0.3 is 30.4 Å². The smallest absolute Gasteiger partial charge is 0.354 e. The Morgan fingerprint density at radius 2 is 0.971 bits per heavy atom. The number of H-pyrrole nitrogens is 2. The maximum absolute atomic E-state index is 10.3. The first-order valence-electron chi connectivity index (χ1n) is 8.93. The number of imidazole rings is 2. The van der Waals surface area contributed by atoms with Crippen molar-refractivity contribution in [3.05, 3.63) is 96.6 Å². The van der Waals surface area contributed by atoms with Gasteiger partial charge in [-0.15, -0.1) is 0 Å². The van der Waals surface area contributed by atoms with Crippen LogP contribution in [0.25, 0.3) is 0 Å². The molecule has 176 valence electrons. The number of nitrogens with one attached hydrogen (secondary N) is 2. The average molecular weight is 470 g/mol. The number of nitrogens with zero attached hydrogens (tertiary/aromatic N) is 4. The first-order chi connectivity index (χ1) is 16.2. The van der Waals surface area contributed by atoms with Crippen LogP contribution in [0.4, 0.5) is 0 Å². The standard InChI is InChI=1S/2C7H5NO4.2C3H4N2/c2*9-6(10)4-1-2-5(7(11)12)8-3-4;2*1-2-5-3-4-1/h2*1-3H,(H,9,10)(H,11,12);2*1-3H,(H,4,5). The Morgan fingerprint density at radius 3 is 1.12 bits per heavy atom. The van der Waals surface area contributed by atoms with Gasteiger partial charge in [0.1, 0.15) is 11.4 Å². The van der Waals surface area contributed by atoms with Crippen LogP contribution < -0.4 is 0 Å². The number of aromatic amines is 2. The predicted molar refractivity (Wildman–Crippen MR) is 113 cm³/mol. The van der Waals surface area contributed by atoms with Crippen molar-refractivity contribution in [1.82, 2.24) is 29.9 Å². The lowest BCUT2D eigenvalue weighted by Crippen LogP contribution is -2.02. The maximum Gasteiger partial charge on any atom is 0.354 e. The highest BCUT2D eigenvalue weighted by molar-refractivity contribution is 5.90. The molecule has 0 aliphatic rings. The highest BCUT2D eigenvalue weighted by Gasteiger charge is 2.07. The van der Waals surface area contributed by atoms with Gasteiger partial charge >= 0.3 is 23.9 Å². The molecular formula is C20H18N6O8. The lowest BCUT2D eigenvalue weighted by molar-refractivity contribution is 0.0675. The largest absolute Gasteiger partial charge is 0.478 e. The predicted octanol–water partition coefficient (Wildman–Crippen LogP) is 1.78. The number of carbonyl (C=O) groups is 4. The van der Waals surface area contributed by atoms with Gasteiger partial charge in [0.25, 0.3) is 0 Å². The van der Waals surface area contributed by atoms with Gasteiger partial charge in [-0.3, -0.25) is 0 Å². The summed E-state index contributed by atoms with van der Waals surface area (Å²) in [5, 5.41) is 33.7. The fourth-order valence-corrected chi connectivity index (χ4v) is 1.72. The fraction of sp³-hybridized carbons (Fsp3) is 0. The third-order valence-corrected chi connectivity index (χ3v) is 3.27. The molecule has 0 aromatic carbocycles. The number of hydrogen-bond donors (Lipinski definition) is 6. The maximum atomic E-state index is 10.3. The molecule has 6 N–H and O–H groups in total. The number of carboxylic acid groups (broad SMARTS) is 4. The van der Waals surface area contributed by atoms with E-state index in [-0.39, 0.29) is 22.5 Å². The summed E-state index contributed by atoms with van der Waals surface area (Å²) >= 11 is 0. The van der Waals surface area contributed by atoms with Gasteiger partial charge in [-0.25, -0.2) is 39.1 Å². The number of aromatic nitrogens is 6. The fourth-order valence-electron chi connectivity index (χ4n) is 1.72. The van der Waals surface area contributed by atoms with Crippen LogP contribution in [0.1, 0.15) is 41.7 Å². The van der Waals surface area contributed by atoms with Crippen molar-refractivity contribution in [2.24, 2.45) is 0 Å². The zero-order valence-corrected chi connectivity index (χ0v) is 17.1. The third kappa shape index (κ3) is 10.6. The van der Waals surface area contributed by atoms with E-state index in [1.807, 2.05) is 0 Å². The van der Waals surface area contributed by atoms with E-state index in [4.69, 9.17) is 20.4 Å². The van der Waals surface area contributed by atoms with E-state index in [9.17, 15) is 19.2 Å². The SMILES string of the molecule is O=C(O)c1ccc(C(=O)O)nc1.O=C(O)c1ccc(C(=O)O)nc1.c1c[nH]cn1.c1c[nH]cn1. The molecule has 4 heterocycles. The van der Waals surface area contributed by atoms with Crippen LogP contribution in [0, 0.1) is 0 Å². The van der Waals surface area contributed by atoms with Crippen LogP contribution in [-0.2, 0) is 0 Å². The second-order valence-electron chi connectivity index (χ2n) is 5.61. The van der Waals surface area contributed by atoms with Gasteiger partial charge in [0.2, 0.25) is 0 Å². The van der Waals surface area contributed by atoms with E-state index in [1.165, 1.54) is 12.1 Å². The normalized spacial score (nSPS) is 8.94. The highest BCUT2D eigenvalue weighted by atomic mass is 16.4. The number of aromatic carboxylic acids is 4. The Kier molecular flexibility index (Phi) is 11.4. The Hall–Kier alpha value is -5.40. The summed E-state index contributed by atoms with van der Waals surface area (Å²) in [6, 6.07) is 4.68. The summed E-state index contributed by atoms with van der Waals surface area (Å²) in [5.74, 6) is -4.60. The molecule has 4 aromatic heterocycles. The number of carboxylic acids is 4. The van der Waals surface area contributed by atoms with Crippen molar-refractivity contribution >= 4 is 23.9 Å². The molecule has 4 rings (SSSR count). The Labute approximate surface area is 190 Å². The van der Waals surface area contributed by atoms with E-state index in [1.54, 1.807) is 37.4 Å². The van der Waals surface area contributed by atoms with Crippen molar-refractivity contribution < 1.29 is 39.6 Å². The molecule has 0 saturated carbocycles. The molecule has 0 aliphatic heterocycles. The number of rotatable bonds is 4. The molecule has 14 heteroatoms. The molecule has 0 radical (unpaired) electrons. The van der Waals surface area contributed by atoms with Crippen molar-refractivity contribution in [3.8, 4) is 0 Å². The monoisotopic (exact) mass is 470 g/mol. The van der Waals surface area contributed by atoms with E-state index >= 15 is 0 Å². The molecular weight excluding hydrogens is 452 g/mol. The van der Waals surface area contributed by atoms with E-state index < -0.39 is 23.9 Å². The lowest BCUT2D eigenvalue weighted by Gasteiger charge is -1.93. The van der Waals surface area contributed by atoms with Gasteiger partial charge in [-0.2, -0.15) is 0 Å². The first kappa shape index (κ1) is 26.6. The molecule has 0 fully saturated rings. The van der Waals surface area contributed by atoms with Crippen molar-refractivity contribution in [3.63, 3.8) is 0 Å². The van der Waals surface area contributed by atoms with Crippen LogP contribution in [0.2, 0.25) is 0 Å². The molecule has 34 heavy (non-hydrogen) atoms. The minimum Gasteiger partial charge on any atom is -0.478 e. The number of pyridine rings is 2. The molecule has 0 saturated heterocycles. The summed E-state index contributed by atoms with van der Waals surface area (Å²) < 4.78 is 0. The molecule has 0 bridgehead atoms. The van der Waals surface area contributed by atoms with Crippen molar-refractivity contribution in [1.29, 1.82) is 0 Å². The van der Waals surface area contributed by atoms with Crippen LogP contribution in [-0.4, -0.2) is 74.2 Å². The van der Waals surface area contributed by atoms with Gasteiger partial charge in [-0.1, -0.05) is 0 Å². The number of hydrogen-bond acceptors (Lipinski definition) is 8. The van der Waals surface area contributed by atoms with Gasteiger partial charge in [0, 0.05) is 37.2 Å². The van der Waals surface area contributed by atoms with Gasteiger partial charge in [0.15, 0.2) is 0 Å². The van der Waals surface area contributed by atoms with Crippen LogP contribution in [0.15, 0.2) is 74.1 Å². The van der Waals surface area contributed by atoms with Gasteiger partial charge in [0.05, 0.1) is 23.8 Å². The second-order valence-corrected chi connectivity index (χ2v) is 5.61. The van der Waals surface area contributed by atoms with Crippen LogP contribution >= 0.6 is 0 Å². The first-order valence-corrected chi connectivity index (χ1v) is 8.93. The van der Waals surface area contributed by atoms with E-state index in [0.29, 0.717) is 0 Å². The van der Waals surface area contributed by atoms with Gasteiger partial charge in [-0.05, 0) is 24.3 Å². The molecule has 0 spiro atoms. The topological polar surface area (TPSA) is 232 Å². The van der Waals surface area contributed by atoms with Crippen molar-refractivity contribution in [2.75, 3.05) is 0 Å². The highest BCUT2D eigenvalue weighted by Crippen LogP contribution is 2.00. The Bertz CT molecular complexity index is 951. The second kappa shape index (κ2) is 14.6. The minimum atomic E-state index is -1.17. The molecule has 14 nitrogen and oxygen atoms in total. The van der Waals surface area contributed by atoms with Crippen LogP contribution in [0.5, 0.6) is 0 Å². The molecule has 4 aromatic rings. The quantitative estimate of drug-likeness (QED) is 0.250.